The Kier molecular flexibility index (Phi) is 7.98. The Labute approximate surface area is 310 Å². The topological polar surface area (TPSA) is 3.24 Å². The Hall–Kier alpha value is -5.96. The minimum absolute atomic E-state index is 0.111. The molecular weight excluding hydrogens is 647 g/mol. The first-order valence-corrected chi connectivity index (χ1v) is 18.8. The van der Waals surface area contributed by atoms with E-state index in [0.29, 0.717) is 0 Å². The molecule has 0 aliphatic heterocycles. The number of thiophene rings is 1. The summed E-state index contributed by atoms with van der Waals surface area (Å²) in [6.07, 6.45) is 0. The fraction of sp³-hybridized carbons (Fsp3) is 0.0800. The summed E-state index contributed by atoms with van der Waals surface area (Å²) in [6.45, 7) is 6.97. The summed E-state index contributed by atoms with van der Waals surface area (Å²) in [5.41, 5.74) is 12.0. The second-order valence-electron chi connectivity index (χ2n) is 14.6. The maximum Gasteiger partial charge on any atom is 0.0499 e. The lowest BCUT2D eigenvalue weighted by atomic mass is 9.83. The summed E-state index contributed by atoms with van der Waals surface area (Å²) in [5.74, 6) is 0. The predicted octanol–water partition coefficient (Wildman–Crippen LogP) is 15.0. The van der Waals surface area contributed by atoms with Crippen LogP contribution >= 0.6 is 11.3 Å². The van der Waals surface area contributed by atoms with Crippen LogP contribution in [0.4, 0.5) is 17.1 Å². The van der Waals surface area contributed by atoms with Gasteiger partial charge in [0.15, 0.2) is 0 Å². The molecule has 0 amide bonds. The standard InChI is InChI=1S/C50H39NS/c1-50(2,3)46-32-41(38-19-17-37(18-20-38)40-22-21-35-13-7-8-14-39(35)31-40)25-30-47(46)51(42-26-23-36(24-27-42)34-11-5-4-6-12-34)43-28-29-45-44-15-9-10-16-48(44)52-49(45)33-43/h4-33H,1-3H3. The van der Waals surface area contributed by atoms with Crippen LogP contribution in [0.3, 0.4) is 0 Å². The van der Waals surface area contributed by atoms with Crippen LogP contribution in [-0.4, -0.2) is 0 Å². The van der Waals surface area contributed by atoms with E-state index >= 15 is 0 Å². The van der Waals surface area contributed by atoms with Crippen molar-refractivity contribution in [3.8, 4) is 33.4 Å². The lowest BCUT2D eigenvalue weighted by Gasteiger charge is -2.32. The second-order valence-corrected chi connectivity index (χ2v) is 15.7. The minimum Gasteiger partial charge on any atom is -0.310 e. The van der Waals surface area contributed by atoms with Crippen LogP contribution in [-0.2, 0) is 5.41 Å². The summed E-state index contributed by atoms with van der Waals surface area (Å²) in [5, 5.41) is 5.16. The third-order valence-electron chi connectivity index (χ3n) is 10.2. The molecule has 0 bridgehead atoms. The molecule has 0 aliphatic rings. The third kappa shape index (κ3) is 5.96. The van der Waals surface area contributed by atoms with Crippen molar-refractivity contribution in [3.05, 3.63) is 188 Å². The zero-order valence-electron chi connectivity index (χ0n) is 29.7. The molecule has 9 rings (SSSR count). The van der Waals surface area contributed by atoms with E-state index in [0.717, 1.165) is 11.4 Å². The van der Waals surface area contributed by atoms with Crippen molar-refractivity contribution in [1.29, 1.82) is 0 Å². The second kappa shape index (κ2) is 13.0. The quantitative estimate of drug-likeness (QED) is 0.168. The summed E-state index contributed by atoms with van der Waals surface area (Å²) in [4.78, 5) is 2.45. The van der Waals surface area contributed by atoms with Gasteiger partial charge in [-0.15, -0.1) is 11.3 Å². The Morgan fingerprint density at radius 3 is 1.67 bits per heavy atom. The Morgan fingerprint density at radius 1 is 0.385 bits per heavy atom. The molecular formula is C50H39NS. The predicted molar refractivity (Wildman–Crippen MR) is 227 cm³/mol. The number of rotatable bonds is 6. The van der Waals surface area contributed by atoms with Crippen LogP contribution in [0.25, 0.3) is 64.3 Å². The summed E-state index contributed by atoms with van der Waals surface area (Å²) >= 11 is 1.87. The zero-order chi connectivity index (χ0) is 35.2. The van der Waals surface area contributed by atoms with Crippen LogP contribution < -0.4 is 4.90 Å². The van der Waals surface area contributed by atoms with Crippen molar-refractivity contribution in [1.82, 2.24) is 0 Å². The average Bonchev–Trinajstić information content (AvgIpc) is 3.56. The average molecular weight is 686 g/mol. The van der Waals surface area contributed by atoms with Crippen molar-refractivity contribution >= 4 is 59.3 Å². The van der Waals surface area contributed by atoms with Gasteiger partial charge in [-0.2, -0.15) is 0 Å². The minimum atomic E-state index is -0.111. The van der Waals surface area contributed by atoms with Gasteiger partial charge in [-0.05, 0) is 104 Å². The van der Waals surface area contributed by atoms with E-state index in [4.69, 9.17) is 0 Å². The molecule has 1 heterocycles. The van der Waals surface area contributed by atoms with E-state index in [1.807, 2.05) is 11.3 Å². The van der Waals surface area contributed by atoms with Gasteiger partial charge in [0.25, 0.3) is 0 Å². The van der Waals surface area contributed by atoms with Crippen LogP contribution in [0, 0.1) is 0 Å². The first-order chi connectivity index (χ1) is 25.4. The summed E-state index contributed by atoms with van der Waals surface area (Å²) < 4.78 is 2.62. The molecule has 0 spiro atoms. The number of hydrogen-bond donors (Lipinski definition) is 0. The van der Waals surface area contributed by atoms with Gasteiger partial charge < -0.3 is 4.90 Å². The largest absolute Gasteiger partial charge is 0.310 e. The highest BCUT2D eigenvalue weighted by Gasteiger charge is 2.25. The van der Waals surface area contributed by atoms with E-state index in [1.54, 1.807) is 0 Å². The highest BCUT2D eigenvalue weighted by atomic mass is 32.1. The summed E-state index contributed by atoms with van der Waals surface area (Å²) in [6, 6.07) is 66.7. The highest BCUT2D eigenvalue weighted by molar-refractivity contribution is 7.25. The first-order valence-electron chi connectivity index (χ1n) is 18.0. The lowest BCUT2D eigenvalue weighted by molar-refractivity contribution is 0.591. The van der Waals surface area contributed by atoms with Crippen LogP contribution in [0.1, 0.15) is 26.3 Å². The van der Waals surface area contributed by atoms with Crippen molar-refractivity contribution in [2.45, 2.75) is 26.2 Å². The van der Waals surface area contributed by atoms with Gasteiger partial charge in [-0.1, -0.05) is 154 Å². The molecule has 8 aromatic carbocycles. The Morgan fingerprint density at radius 2 is 0.923 bits per heavy atom. The molecule has 0 unspecified atom stereocenters. The molecule has 0 saturated heterocycles. The van der Waals surface area contributed by atoms with Crippen LogP contribution in [0.5, 0.6) is 0 Å². The Balaban J connectivity index is 1.15. The molecule has 52 heavy (non-hydrogen) atoms. The molecule has 0 aliphatic carbocycles. The number of anilines is 3. The molecule has 0 atom stereocenters. The smallest absolute Gasteiger partial charge is 0.0499 e. The Bertz CT molecular complexity index is 2700. The molecule has 2 heteroatoms. The molecule has 0 radical (unpaired) electrons. The number of hydrogen-bond acceptors (Lipinski definition) is 2. The normalized spacial score (nSPS) is 11.8. The monoisotopic (exact) mass is 685 g/mol. The number of nitrogens with zero attached hydrogens (tertiary/aromatic N) is 1. The van der Waals surface area contributed by atoms with E-state index in [-0.39, 0.29) is 5.41 Å². The number of benzene rings is 8. The van der Waals surface area contributed by atoms with Crippen molar-refractivity contribution in [3.63, 3.8) is 0 Å². The van der Waals surface area contributed by atoms with Gasteiger partial charge in [0.2, 0.25) is 0 Å². The van der Waals surface area contributed by atoms with Gasteiger partial charge in [-0.3, -0.25) is 0 Å². The summed E-state index contributed by atoms with van der Waals surface area (Å²) in [7, 11) is 0. The zero-order valence-corrected chi connectivity index (χ0v) is 30.5. The molecule has 0 fully saturated rings. The van der Waals surface area contributed by atoms with Crippen molar-refractivity contribution in [2.24, 2.45) is 0 Å². The molecule has 1 aromatic heterocycles. The fourth-order valence-electron chi connectivity index (χ4n) is 7.45. The molecule has 9 aromatic rings. The highest BCUT2D eigenvalue weighted by Crippen LogP contribution is 2.45. The van der Waals surface area contributed by atoms with Gasteiger partial charge in [-0.25, -0.2) is 0 Å². The third-order valence-corrected chi connectivity index (χ3v) is 11.3. The van der Waals surface area contributed by atoms with E-state index in [9.17, 15) is 0 Å². The molecule has 0 N–H and O–H groups in total. The van der Waals surface area contributed by atoms with E-state index in [1.165, 1.54) is 75.6 Å². The van der Waals surface area contributed by atoms with Gasteiger partial charge >= 0.3 is 0 Å². The van der Waals surface area contributed by atoms with Gasteiger partial charge in [0.05, 0.1) is 0 Å². The van der Waals surface area contributed by atoms with Gasteiger partial charge in [0.1, 0.15) is 0 Å². The molecule has 250 valence electrons. The van der Waals surface area contributed by atoms with Crippen LogP contribution in [0.2, 0.25) is 0 Å². The van der Waals surface area contributed by atoms with Crippen molar-refractivity contribution < 1.29 is 0 Å². The molecule has 0 saturated carbocycles. The fourth-order valence-corrected chi connectivity index (χ4v) is 8.59. The SMILES string of the molecule is CC(C)(C)c1cc(-c2ccc(-c3ccc4ccccc4c3)cc2)ccc1N(c1ccc(-c2ccccc2)cc1)c1ccc2c(c1)sc1ccccc12. The first kappa shape index (κ1) is 32.0. The molecule has 1 nitrogen and oxygen atoms in total. The van der Waals surface area contributed by atoms with E-state index < -0.39 is 0 Å². The maximum atomic E-state index is 2.45. The van der Waals surface area contributed by atoms with Crippen molar-refractivity contribution in [2.75, 3.05) is 4.90 Å². The lowest BCUT2D eigenvalue weighted by Crippen LogP contribution is -2.19. The van der Waals surface area contributed by atoms with Gasteiger partial charge in [0, 0.05) is 37.2 Å². The van der Waals surface area contributed by atoms with Crippen LogP contribution in [0.15, 0.2) is 182 Å². The van der Waals surface area contributed by atoms with E-state index in [2.05, 4.69) is 208 Å². The number of fused-ring (bicyclic) bond motifs is 4. The maximum absolute atomic E-state index is 2.45.